The zero-order chi connectivity index (χ0) is 12.9. The first kappa shape index (κ1) is 14.6. The average molecular weight is 231 g/mol. The van der Waals surface area contributed by atoms with Crippen molar-refractivity contribution in [2.24, 2.45) is 0 Å². The molecule has 0 spiro atoms. The Hall–Kier alpha value is -1.43. The molecule has 0 aromatic rings. The highest BCUT2D eigenvalue weighted by molar-refractivity contribution is 6.32. The molecule has 0 aliphatic heterocycles. The third-order valence-corrected chi connectivity index (χ3v) is 1.80. The van der Waals surface area contributed by atoms with Crippen LogP contribution >= 0.6 is 0 Å². The van der Waals surface area contributed by atoms with Gasteiger partial charge >= 0.3 is 11.9 Å². The van der Waals surface area contributed by atoms with Crippen molar-refractivity contribution >= 4 is 17.7 Å². The fourth-order valence-corrected chi connectivity index (χ4v) is 1.16. The van der Waals surface area contributed by atoms with E-state index >= 15 is 0 Å². The third-order valence-electron chi connectivity index (χ3n) is 1.80. The van der Waals surface area contributed by atoms with Gasteiger partial charge in [0.15, 0.2) is 0 Å². The van der Waals surface area contributed by atoms with Crippen LogP contribution in [0.25, 0.3) is 0 Å². The Kier molecular flexibility index (Phi) is 5.10. The number of carboxylic acids is 2. The molecule has 0 bridgehead atoms. The van der Waals surface area contributed by atoms with E-state index in [2.05, 4.69) is 5.32 Å². The highest BCUT2D eigenvalue weighted by Gasteiger charge is 2.24. The number of Topliss-reactive ketones (excluding diaryl/α,β-unsaturated/α-hetero) is 1. The molecule has 6 nitrogen and oxygen atoms in total. The highest BCUT2D eigenvalue weighted by atomic mass is 16.4. The largest absolute Gasteiger partial charge is 0.480 e. The minimum absolute atomic E-state index is 0.0300. The Labute approximate surface area is 93.6 Å². The van der Waals surface area contributed by atoms with Crippen LogP contribution in [-0.4, -0.2) is 39.5 Å². The normalized spacial score (nSPS) is 13.2. The van der Waals surface area contributed by atoms with Crippen LogP contribution in [0, 0.1) is 0 Å². The zero-order valence-electron chi connectivity index (χ0n) is 9.61. The number of nitrogens with one attached hydrogen (secondary N) is 1. The lowest BCUT2D eigenvalue weighted by Crippen LogP contribution is -2.48. The van der Waals surface area contributed by atoms with Gasteiger partial charge in [-0.1, -0.05) is 0 Å². The lowest BCUT2D eigenvalue weighted by Gasteiger charge is -2.25. The molecule has 0 saturated heterocycles. The number of ketones is 1. The predicted octanol–water partition coefficient (Wildman–Crippen LogP) is 0.262. The van der Waals surface area contributed by atoms with Crippen LogP contribution in [0.15, 0.2) is 0 Å². The van der Waals surface area contributed by atoms with E-state index < -0.39 is 29.3 Å². The first-order valence-corrected chi connectivity index (χ1v) is 4.90. The van der Waals surface area contributed by atoms with Crippen molar-refractivity contribution in [3.8, 4) is 0 Å². The number of rotatable bonds is 6. The molecule has 0 amide bonds. The van der Waals surface area contributed by atoms with Gasteiger partial charge in [0.1, 0.15) is 6.04 Å². The molecule has 0 aromatic carbocycles. The quantitative estimate of drug-likeness (QED) is 0.566. The van der Waals surface area contributed by atoms with Crippen molar-refractivity contribution < 1.29 is 24.6 Å². The van der Waals surface area contributed by atoms with Crippen molar-refractivity contribution in [2.75, 3.05) is 0 Å². The summed E-state index contributed by atoms with van der Waals surface area (Å²) in [5.41, 5.74) is -0.407. The first-order chi connectivity index (χ1) is 7.13. The number of aliphatic carboxylic acids is 2. The van der Waals surface area contributed by atoms with E-state index in [0.717, 1.165) is 0 Å². The Morgan fingerprint density at radius 2 is 1.69 bits per heavy atom. The summed E-state index contributed by atoms with van der Waals surface area (Å²) < 4.78 is 0. The minimum Gasteiger partial charge on any atom is -0.480 e. The van der Waals surface area contributed by atoms with E-state index in [1.165, 1.54) is 0 Å². The molecule has 92 valence electrons. The summed E-state index contributed by atoms with van der Waals surface area (Å²) in [6.45, 7) is 5.38. The number of hydrogen-bond acceptors (Lipinski definition) is 4. The molecule has 0 aliphatic rings. The van der Waals surface area contributed by atoms with Gasteiger partial charge in [0.25, 0.3) is 0 Å². The smallest absolute Gasteiger partial charge is 0.372 e. The summed E-state index contributed by atoms with van der Waals surface area (Å²) in [5.74, 6) is -3.59. The molecule has 0 fully saturated rings. The van der Waals surface area contributed by atoms with Crippen LogP contribution in [0.3, 0.4) is 0 Å². The van der Waals surface area contributed by atoms with Gasteiger partial charge in [-0.3, -0.25) is 14.9 Å². The highest BCUT2D eigenvalue weighted by Crippen LogP contribution is 2.06. The molecule has 0 aliphatic carbocycles. The molecule has 1 unspecified atom stereocenters. The second-order valence-electron chi connectivity index (χ2n) is 4.55. The maximum atomic E-state index is 10.8. The van der Waals surface area contributed by atoms with Gasteiger partial charge in [0, 0.05) is 12.0 Å². The van der Waals surface area contributed by atoms with Crippen LogP contribution in [0.1, 0.15) is 33.6 Å². The minimum atomic E-state index is -1.53. The topological polar surface area (TPSA) is 104 Å². The van der Waals surface area contributed by atoms with Crippen molar-refractivity contribution in [1.82, 2.24) is 5.32 Å². The van der Waals surface area contributed by atoms with E-state index in [1.807, 2.05) is 0 Å². The second-order valence-corrected chi connectivity index (χ2v) is 4.55. The van der Waals surface area contributed by atoms with Gasteiger partial charge < -0.3 is 10.2 Å². The fraction of sp³-hybridized carbons (Fsp3) is 0.700. The van der Waals surface area contributed by atoms with E-state index in [4.69, 9.17) is 10.2 Å². The predicted molar refractivity (Wildman–Crippen MR) is 56.2 cm³/mol. The zero-order valence-corrected chi connectivity index (χ0v) is 9.61. The lowest BCUT2D eigenvalue weighted by molar-refractivity contribution is -0.149. The standard InChI is InChI=1S/C10H17NO5/c1-10(2,3)11-6(8(13)14)4-5-7(12)9(15)16/h6,11H,4-5H2,1-3H3,(H,13,14)(H,15,16). The van der Waals surface area contributed by atoms with Gasteiger partial charge in [-0.05, 0) is 27.2 Å². The Morgan fingerprint density at radius 3 is 2.00 bits per heavy atom. The lowest BCUT2D eigenvalue weighted by atomic mass is 10.0. The van der Waals surface area contributed by atoms with Crippen LogP contribution in [0.4, 0.5) is 0 Å². The molecular weight excluding hydrogens is 214 g/mol. The summed E-state index contributed by atoms with van der Waals surface area (Å²) in [7, 11) is 0. The molecule has 0 saturated carbocycles. The molecule has 0 heterocycles. The van der Waals surface area contributed by atoms with E-state index in [-0.39, 0.29) is 12.8 Å². The number of carbonyl (C=O) groups is 3. The maximum Gasteiger partial charge on any atom is 0.372 e. The van der Waals surface area contributed by atoms with Crippen molar-refractivity contribution in [1.29, 1.82) is 0 Å². The van der Waals surface area contributed by atoms with E-state index in [9.17, 15) is 14.4 Å². The van der Waals surface area contributed by atoms with E-state index in [1.54, 1.807) is 20.8 Å². The third kappa shape index (κ3) is 6.13. The molecule has 1 atom stereocenters. The summed E-state index contributed by atoms with van der Waals surface area (Å²) >= 11 is 0. The average Bonchev–Trinajstić information content (AvgIpc) is 2.09. The second kappa shape index (κ2) is 5.60. The molecular formula is C10H17NO5. The molecule has 3 N–H and O–H groups in total. The van der Waals surface area contributed by atoms with Crippen LogP contribution in [0.2, 0.25) is 0 Å². The summed E-state index contributed by atoms with van der Waals surface area (Å²) in [6, 6.07) is -0.914. The van der Waals surface area contributed by atoms with Gasteiger partial charge in [-0.15, -0.1) is 0 Å². The molecule has 0 radical (unpaired) electrons. The summed E-state index contributed by atoms with van der Waals surface area (Å²) in [4.78, 5) is 31.9. The SMILES string of the molecule is CC(C)(C)NC(CCC(=O)C(=O)O)C(=O)O. The Morgan fingerprint density at radius 1 is 1.19 bits per heavy atom. The molecule has 0 aromatic heterocycles. The van der Waals surface area contributed by atoms with Crippen molar-refractivity contribution in [2.45, 2.75) is 45.2 Å². The van der Waals surface area contributed by atoms with Gasteiger partial charge in [0.2, 0.25) is 5.78 Å². The monoisotopic (exact) mass is 231 g/mol. The van der Waals surface area contributed by atoms with Crippen LogP contribution in [0.5, 0.6) is 0 Å². The van der Waals surface area contributed by atoms with Crippen LogP contribution in [-0.2, 0) is 14.4 Å². The number of carboxylic acid groups (broad SMARTS) is 2. The van der Waals surface area contributed by atoms with Gasteiger partial charge in [-0.2, -0.15) is 0 Å². The van der Waals surface area contributed by atoms with Gasteiger partial charge in [0.05, 0.1) is 0 Å². The van der Waals surface area contributed by atoms with Crippen molar-refractivity contribution in [3.05, 3.63) is 0 Å². The number of hydrogen-bond donors (Lipinski definition) is 3. The van der Waals surface area contributed by atoms with E-state index in [0.29, 0.717) is 0 Å². The first-order valence-electron chi connectivity index (χ1n) is 4.90. The van der Waals surface area contributed by atoms with Crippen LogP contribution < -0.4 is 5.32 Å². The van der Waals surface area contributed by atoms with Gasteiger partial charge in [-0.25, -0.2) is 4.79 Å². The fourth-order valence-electron chi connectivity index (χ4n) is 1.16. The number of carbonyl (C=O) groups excluding carboxylic acids is 1. The van der Waals surface area contributed by atoms with Crippen molar-refractivity contribution in [3.63, 3.8) is 0 Å². The molecule has 6 heteroatoms. The summed E-state index contributed by atoms with van der Waals surface area (Å²) in [6.07, 6.45) is -0.312. The molecule has 16 heavy (non-hydrogen) atoms. The molecule has 0 rings (SSSR count). The summed E-state index contributed by atoms with van der Waals surface area (Å²) in [5, 5.41) is 20.0. The Balaban J connectivity index is 4.31. The Bertz CT molecular complexity index is 292. The maximum absolute atomic E-state index is 10.8.